The molecule has 1 aromatic carbocycles. The van der Waals surface area contributed by atoms with Gasteiger partial charge >= 0.3 is 5.92 Å². The number of halogens is 3. The number of hydrogen-bond acceptors (Lipinski definition) is 2. The molecule has 0 aliphatic rings. The molecule has 0 spiro atoms. The van der Waals surface area contributed by atoms with Gasteiger partial charge < -0.3 is 10.6 Å². The SMILES string of the molecule is CC(CN)N(C)C(=O)C(F)(F)c1ccccc1.Cl. The molecule has 102 valence electrons. The van der Waals surface area contributed by atoms with Crippen LogP contribution in [0.15, 0.2) is 30.3 Å². The molecule has 1 unspecified atom stereocenters. The van der Waals surface area contributed by atoms with Gasteiger partial charge in [-0.05, 0) is 6.92 Å². The number of nitrogens with two attached hydrogens (primary N) is 1. The summed E-state index contributed by atoms with van der Waals surface area (Å²) >= 11 is 0. The Kier molecular flexibility index (Phi) is 6.21. The first-order chi connectivity index (χ1) is 7.91. The van der Waals surface area contributed by atoms with Crippen LogP contribution in [-0.4, -0.2) is 30.4 Å². The lowest BCUT2D eigenvalue weighted by Crippen LogP contribution is -2.46. The summed E-state index contributed by atoms with van der Waals surface area (Å²) in [6, 6.07) is 6.62. The third-order valence-electron chi connectivity index (χ3n) is 2.73. The Morgan fingerprint density at radius 3 is 2.33 bits per heavy atom. The van der Waals surface area contributed by atoms with Crippen molar-refractivity contribution in [3.8, 4) is 0 Å². The van der Waals surface area contributed by atoms with Crippen molar-refractivity contribution in [2.45, 2.75) is 18.9 Å². The van der Waals surface area contributed by atoms with Gasteiger partial charge in [0, 0.05) is 25.2 Å². The zero-order valence-corrected chi connectivity index (χ0v) is 11.1. The minimum absolute atomic E-state index is 0. The molecule has 0 aromatic heterocycles. The van der Waals surface area contributed by atoms with E-state index in [1.807, 2.05) is 0 Å². The topological polar surface area (TPSA) is 46.3 Å². The summed E-state index contributed by atoms with van der Waals surface area (Å²) in [5.41, 5.74) is 5.05. The average Bonchev–Trinajstić information content (AvgIpc) is 2.37. The number of amides is 1. The van der Waals surface area contributed by atoms with Crippen molar-refractivity contribution in [1.82, 2.24) is 4.90 Å². The Hall–Kier alpha value is -1.20. The standard InChI is InChI=1S/C12H16F2N2O.ClH/c1-9(8-15)16(2)11(17)12(13,14)10-6-4-3-5-7-10;/h3-7,9H,8,15H2,1-2H3;1H. The minimum atomic E-state index is -3.51. The predicted octanol–water partition coefficient (Wildman–Crippen LogP) is 2.01. The van der Waals surface area contributed by atoms with Gasteiger partial charge in [-0.2, -0.15) is 8.78 Å². The fraction of sp³-hybridized carbons (Fsp3) is 0.417. The maximum absolute atomic E-state index is 13.9. The van der Waals surface area contributed by atoms with E-state index >= 15 is 0 Å². The maximum atomic E-state index is 13.9. The second-order valence-electron chi connectivity index (χ2n) is 3.94. The van der Waals surface area contributed by atoms with Crippen LogP contribution in [0.3, 0.4) is 0 Å². The molecule has 2 N–H and O–H groups in total. The van der Waals surface area contributed by atoms with Crippen LogP contribution in [0.4, 0.5) is 8.78 Å². The zero-order chi connectivity index (χ0) is 13.1. The van der Waals surface area contributed by atoms with E-state index in [1.54, 1.807) is 13.0 Å². The van der Waals surface area contributed by atoms with Gasteiger partial charge in [0.15, 0.2) is 0 Å². The smallest absolute Gasteiger partial charge is 0.336 e. The average molecular weight is 279 g/mol. The lowest BCUT2D eigenvalue weighted by Gasteiger charge is -2.28. The van der Waals surface area contributed by atoms with Crippen LogP contribution in [0.2, 0.25) is 0 Å². The molecule has 0 bridgehead atoms. The van der Waals surface area contributed by atoms with E-state index in [0.717, 1.165) is 4.90 Å². The molecule has 1 rings (SSSR count). The highest BCUT2D eigenvalue weighted by Gasteiger charge is 2.43. The normalized spacial score (nSPS) is 12.5. The van der Waals surface area contributed by atoms with Gasteiger partial charge in [0.05, 0.1) is 0 Å². The van der Waals surface area contributed by atoms with Crippen LogP contribution in [0.25, 0.3) is 0 Å². The number of hydrogen-bond donors (Lipinski definition) is 1. The Balaban J connectivity index is 0.00000289. The summed E-state index contributed by atoms with van der Waals surface area (Å²) in [7, 11) is 1.33. The second kappa shape index (κ2) is 6.66. The second-order valence-corrected chi connectivity index (χ2v) is 3.94. The van der Waals surface area contributed by atoms with Crippen LogP contribution in [0.1, 0.15) is 12.5 Å². The van der Waals surface area contributed by atoms with E-state index in [0.29, 0.717) is 0 Å². The Bertz CT molecular complexity index is 387. The van der Waals surface area contributed by atoms with Crippen molar-refractivity contribution < 1.29 is 13.6 Å². The van der Waals surface area contributed by atoms with E-state index in [2.05, 4.69) is 0 Å². The van der Waals surface area contributed by atoms with E-state index in [1.165, 1.54) is 31.3 Å². The van der Waals surface area contributed by atoms with Crippen molar-refractivity contribution in [2.24, 2.45) is 5.73 Å². The van der Waals surface area contributed by atoms with Gasteiger partial charge in [-0.15, -0.1) is 12.4 Å². The molecule has 1 amide bonds. The van der Waals surface area contributed by atoms with Crippen LogP contribution in [0.5, 0.6) is 0 Å². The number of carbonyl (C=O) groups is 1. The number of nitrogens with zero attached hydrogens (tertiary/aromatic N) is 1. The monoisotopic (exact) mass is 278 g/mol. The quantitative estimate of drug-likeness (QED) is 0.916. The van der Waals surface area contributed by atoms with E-state index in [4.69, 9.17) is 5.73 Å². The van der Waals surface area contributed by atoms with Crippen molar-refractivity contribution in [3.63, 3.8) is 0 Å². The van der Waals surface area contributed by atoms with E-state index in [9.17, 15) is 13.6 Å². The lowest BCUT2D eigenvalue weighted by molar-refractivity contribution is -0.159. The molecule has 6 heteroatoms. The molecule has 0 radical (unpaired) electrons. The molecule has 18 heavy (non-hydrogen) atoms. The van der Waals surface area contributed by atoms with Gasteiger partial charge in [-0.1, -0.05) is 30.3 Å². The highest BCUT2D eigenvalue weighted by atomic mass is 35.5. The fourth-order valence-corrected chi connectivity index (χ4v) is 1.35. The molecule has 0 saturated heterocycles. The number of alkyl halides is 2. The highest BCUT2D eigenvalue weighted by Crippen LogP contribution is 2.30. The van der Waals surface area contributed by atoms with Crippen LogP contribution in [-0.2, 0) is 10.7 Å². The van der Waals surface area contributed by atoms with E-state index in [-0.39, 0.29) is 24.5 Å². The third kappa shape index (κ3) is 3.40. The number of rotatable bonds is 4. The molecule has 0 saturated carbocycles. The fourth-order valence-electron chi connectivity index (χ4n) is 1.35. The van der Waals surface area contributed by atoms with Crippen molar-refractivity contribution in [2.75, 3.05) is 13.6 Å². The predicted molar refractivity (Wildman–Crippen MR) is 68.9 cm³/mol. The summed E-state index contributed by atoms with van der Waals surface area (Å²) < 4.78 is 27.7. The summed E-state index contributed by atoms with van der Waals surface area (Å²) in [4.78, 5) is 12.7. The van der Waals surface area contributed by atoms with Crippen LogP contribution >= 0.6 is 12.4 Å². The van der Waals surface area contributed by atoms with Crippen molar-refractivity contribution in [1.29, 1.82) is 0 Å². The molecule has 1 atom stereocenters. The first kappa shape index (κ1) is 16.8. The lowest BCUT2D eigenvalue weighted by atomic mass is 10.1. The molecule has 1 aromatic rings. The Morgan fingerprint density at radius 2 is 1.89 bits per heavy atom. The third-order valence-corrected chi connectivity index (χ3v) is 2.73. The number of carbonyl (C=O) groups excluding carboxylic acids is 1. The number of likely N-dealkylation sites (N-methyl/N-ethyl adjacent to an activating group) is 1. The van der Waals surface area contributed by atoms with Crippen molar-refractivity contribution in [3.05, 3.63) is 35.9 Å². The zero-order valence-electron chi connectivity index (χ0n) is 10.3. The maximum Gasteiger partial charge on any atom is 0.349 e. The van der Waals surface area contributed by atoms with Gasteiger partial charge in [0.1, 0.15) is 0 Å². The van der Waals surface area contributed by atoms with Crippen LogP contribution in [0, 0.1) is 0 Å². The molecule has 0 heterocycles. The largest absolute Gasteiger partial charge is 0.349 e. The summed E-state index contributed by atoms with van der Waals surface area (Å²) in [5, 5.41) is 0. The summed E-state index contributed by atoms with van der Waals surface area (Å²) in [6.07, 6.45) is 0. The Morgan fingerprint density at radius 1 is 1.39 bits per heavy atom. The molecule has 0 aliphatic heterocycles. The first-order valence-corrected chi connectivity index (χ1v) is 5.32. The molecule has 3 nitrogen and oxygen atoms in total. The van der Waals surface area contributed by atoms with Crippen molar-refractivity contribution >= 4 is 18.3 Å². The molecule has 0 aliphatic carbocycles. The summed E-state index contributed by atoms with van der Waals surface area (Å²) in [6.45, 7) is 1.77. The van der Waals surface area contributed by atoms with Gasteiger partial charge in [0.25, 0.3) is 5.91 Å². The molecular weight excluding hydrogens is 262 g/mol. The molecular formula is C12H17ClF2N2O. The van der Waals surface area contributed by atoms with Gasteiger partial charge in [0.2, 0.25) is 0 Å². The number of benzene rings is 1. The minimum Gasteiger partial charge on any atom is -0.336 e. The van der Waals surface area contributed by atoms with Crippen LogP contribution < -0.4 is 5.73 Å². The highest BCUT2D eigenvalue weighted by molar-refractivity contribution is 5.85. The van der Waals surface area contributed by atoms with Gasteiger partial charge in [-0.3, -0.25) is 4.79 Å². The van der Waals surface area contributed by atoms with E-state index < -0.39 is 17.9 Å². The summed E-state index contributed by atoms with van der Waals surface area (Å²) in [5.74, 6) is -4.75. The Labute approximate surface area is 111 Å². The van der Waals surface area contributed by atoms with Gasteiger partial charge in [-0.25, -0.2) is 0 Å². The molecule has 0 fully saturated rings. The first-order valence-electron chi connectivity index (χ1n) is 5.32.